The molecule has 0 spiro atoms. The van der Waals surface area contributed by atoms with Crippen molar-refractivity contribution in [2.45, 2.75) is 19.9 Å². The second-order valence-corrected chi connectivity index (χ2v) is 4.70. The van der Waals surface area contributed by atoms with Crippen molar-refractivity contribution in [2.75, 3.05) is 26.7 Å². The van der Waals surface area contributed by atoms with Crippen LogP contribution in [0.5, 0.6) is 5.75 Å². The molecule has 1 aromatic carbocycles. The van der Waals surface area contributed by atoms with Gasteiger partial charge in [0.05, 0.1) is 7.11 Å². The third kappa shape index (κ3) is 5.52. The first-order valence-electron chi connectivity index (χ1n) is 6.01. The molecular formula is C13H21BrN2O. The Morgan fingerprint density at radius 3 is 2.71 bits per heavy atom. The average molecular weight is 301 g/mol. The number of nitrogens with one attached hydrogen (secondary N) is 2. The van der Waals surface area contributed by atoms with Gasteiger partial charge in [0.2, 0.25) is 0 Å². The zero-order valence-corrected chi connectivity index (χ0v) is 12.1. The van der Waals surface area contributed by atoms with Gasteiger partial charge < -0.3 is 15.4 Å². The van der Waals surface area contributed by atoms with Gasteiger partial charge in [0.25, 0.3) is 0 Å². The van der Waals surface area contributed by atoms with Gasteiger partial charge in [0, 0.05) is 11.0 Å². The Kier molecular flexibility index (Phi) is 7.24. The van der Waals surface area contributed by atoms with Crippen LogP contribution in [0.4, 0.5) is 0 Å². The molecule has 0 atom stereocenters. The Morgan fingerprint density at radius 1 is 1.24 bits per heavy atom. The molecular weight excluding hydrogens is 280 g/mol. The predicted octanol–water partition coefficient (Wildman–Crippen LogP) is 2.55. The van der Waals surface area contributed by atoms with Crippen molar-refractivity contribution in [1.82, 2.24) is 10.6 Å². The summed E-state index contributed by atoms with van der Waals surface area (Å²) in [5, 5.41) is 6.73. The third-order valence-corrected chi connectivity index (χ3v) is 3.30. The maximum Gasteiger partial charge on any atom is 0.119 e. The molecule has 0 heterocycles. The maximum absolute atomic E-state index is 5.21. The number of hydrogen-bond donors (Lipinski definition) is 2. The zero-order chi connectivity index (χ0) is 12.5. The van der Waals surface area contributed by atoms with E-state index < -0.39 is 0 Å². The summed E-state index contributed by atoms with van der Waals surface area (Å²) in [6.07, 6.45) is 1.15. The molecule has 96 valence electrons. The fourth-order valence-electron chi connectivity index (χ4n) is 1.55. The average Bonchev–Trinajstić information content (AvgIpc) is 2.35. The summed E-state index contributed by atoms with van der Waals surface area (Å²) < 4.78 is 6.33. The lowest BCUT2D eigenvalue weighted by atomic mass is 10.2. The van der Waals surface area contributed by atoms with Crippen LogP contribution in [0, 0.1) is 0 Å². The summed E-state index contributed by atoms with van der Waals surface area (Å²) in [5.74, 6) is 0.901. The highest BCUT2D eigenvalue weighted by atomic mass is 79.9. The van der Waals surface area contributed by atoms with E-state index in [0.717, 1.165) is 42.8 Å². The minimum atomic E-state index is 0.865. The summed E-state index contributed by atoms with van der Waals surface area (Å²) in [7, 11) is 1.69. The van der Waals surface area contributed by atoms with Crippen LogP contribution in [0.1, 0.15) is 18.9 Å². The lowest BCUT2D eigenvalue weighted by molar-refractivity contribution is 0.414. The molecule has 1 aromatic rings. The third-order valence-electron chi connectivity index (χ3n) is 2.53. The number of halogens is 1. The van der Waals surface area contributed by atoms with Gasteiger partial charge in [0.15, 0.2) is 0 Å². The summed E-state index contributed by atoms with van der Waals surface area (Å²) in [6.45, 7) is 6.13. The molecule has 0 amide bonds. The van der Waals surface area contributed by atoms with Crippen LogP contribution in [0.25, 0.3) is 0 Å². The topological polar surface area (TPSA) is 33.3 Å². The van der Waals surface area contributed by atoms with E-state index in [1.807, 2.05) is 12.1 Å². The molecule has 0 saturated carbocycles. The molecule has 0 aliphatic heterocycles. The Hall–Kier alpha value is -0.580. The van der Waals surface area contributed by atoms with Crippen LogP contribution in [-0.2, 0) is 6.54 Å². The minimum Gasteiger partial charge on any atom is -0.497 e. The molecule has 0 unspecified atom stereocenters. The van der Waals surface area contributed by atoms with E-state index in [1.54, 1.807) is 7.11 Å². The van der Waals surface area contributed by atoms with Crippen molar-refractivity contribution in [3.05, 3.63) is 28.2 Å². The van der Waals surface area contributed by atoms with E-state index in [1.165, 1.54) is 5.56 Å². The Balaban J connectivity index is 2.30. The van der Waals surface area contributed by atoms with E-state index in [4.69, 9.17) is 4.74 Å². The van der Waals surface area contributed by atoms with Crippen LogP contribution < -0.4 is 15.4 Å². The molecule has 0 aliphatic rings. The van der Waals surface area contributed by atoms with Crippen molar-refractivity contribution in [1.29, 1.82) is 0 Å². The monoisotopic (exact) mass is 300 g/mol. The standard InChI is InChI=1S/C13H21BrN2O/c1-3-15-7-4-8-16-10-11-9-12(17-2)5-6-13(11)14/h5-6,9,15-16H,3-4,7-8,10H2,1-2H3. The fourth-order valence-corrected chi connectivity index (χ4v) is 1.94. The smallest absolute Gasteiger partial charge is 0.119 e. The molecule has 0 aromatic heterocycles. The van der Waals surface area contributed by atoms with Gasteiger partial charge in [-0.25, -0.2) is 0 Å². The van der Waals surface area contributed by atoms with Gasteiger partial charge in [0.1, 0.15) is 5.75 Å². The van der Waals surface area contributed by atoms with Crippen molar-refractivity contribution in [2.24, 2.45) is 0 Å². The first-order chi connectivity index (χ1) is 8.27. The normalized spacial score (nSPS) is 10.5. The summed E-state index contributed by atoms with van der Waals surface area (Å²) in [6, 6.07) is 6.04. The Bertz CT molecular complexity index is 331. The van der Waals surface area contributed by atoms with Gasteiger partial charge in [-0.2, -0.15) is 0 Å². The molecule has 17 heavy (non-hydrogen) atoms. The molecule has 2 N–H and O–H groups in total. The summed E-state index contributed by atoms with van der Waals surface area (Å²) in [4.78, 5) is 0. The van der Waals surface area contributed by atoms with Gasteiger partial charge in [-0.1, -0.05) is 22.9 Å². The minimum absolute atomic E-state index is 0.865. The highest BCUT2D eigenvalue weighted by Gasteiger charge is 2.01. The quantitative estimate of drug-likeness (QED) is 0.724. The predicted molar refractivity (Wildman–Crippen MR) is 75.6 cm³/mol. The van der Waals surface area contributed by atoms with Crippen molar-refractivity contribution in [3.8, 4) is 5.75 Å². The number of methoxy groups -OCH3 is 1. The SMILES string of the molecule is CCNCCCNCc1cc(OC)ccc1Br. The summed E-state index contributed by atoms with van der Waals surface area (Å²) in [5.41, 5.74) is 1.23. The fraction of sp³-hybridized carbons (Fsp3) is 0.538. The number of ether oxygens (including phenoxy) is 1. The second kappa shape index (κ2) is 8.50. The molecule has 0 radical (unpaired) electrons. The molecule has 3 nitrogen and oxygen atoms in total. The van der Waals surface area contributed by atoms with Crippen LogP contribution in [0.3, 0.4) is 0 Å². The van der Waals surface area contributed by atoms with Crippen molar-refractivity contribution >= 4 is 15.9 Å². The number of benzene rings is 1. The first kappa shape index (κ1) is 14.5. The van der Waals surface area contributed by atoms with Crippen molar-refractivity contribution in [3.63, 3.8) is 0 Å². The van der Waals surface area contributed by atoms with Crippen LogP contribution in [-0.4, -0.2) is 26.7 Å². The highest BCUT2D eigenvalue weighted by Crippen LogP contribution is 2.22. The molecule has 0 bridgehead atoms. The number of rotatable bonds is 8. The zero-order valence-electron chi connectivity index (χ0n) is 10.6. The Labute approximate surface area is 112 Å². The van der Waals surface area contributed by atoms with Crippen LogP contribution in [0.15, 0.2) is 22.7 Å². The largest absolute Gasteiger partial charge is 0.497 e. The van der Waals surface area contributed by atoms with Gasteiger partial charge in [-0.05, 0) is 49.8 Å². The van der Waals surface area contributed by atoms with E-state index in [9.17, 15) is 0 Å². The molecule has 0 saturated heterocycles. The molecule has 0 fully saturated rings. The van der Waals surface area contributed by atoms with Gasteiger partial charge in [-0.3, -0.25) is 0 Å². The maximum atomic E-state index is 5.21. The van der Waals surface area contributed by atoms with E-state index >= 15 is 0 Å². The van der Waals surface area contributed by atoms with E-state index in [2.05, 4.69) is 39.6 Å². The first-order valence-corrected chi connectivity index (χ1v) is 6.81. The van der Waals surface area contributed by atoms with Crippen molar-refractivity contribution < 1.29 is 4.74 Å². The summed E-state index contributed by atoms with van der Waals surface area (Å²) >= 11 is 3.55. The van der Waals surface area contributed by atoms with E-state index in [-0.39, 0.29) is 0 Å². The van der Waals surface area contributed by atoms with Gasteiger partial charge >= 0.3 is 0 Å². The van der Waals surface area contributed by atoms with Crippen LogP contribution >= 0.6 is 15.9 Å². The van der Waals surface area contributed by atoms with E-state index in [0.29, 0.717) is 0 Å². The lowest BCUT2D eigenvalue weighted by Crippen LogP contribution is -2.21. The Morgan fingerprint density at radius 2 is 2.00 bits per heavy atom. The second-order valence-electron chi connectivity index (χ2n) is 3.84. The van der Waals surface area contributed by atoms with Gasteiger partial charge in [-0.15, -0.1) is 0 Å². The molecule has 0 aliphatic carbocycles. The van der Waals surface area contributed by atoms with Crippen LogP contribution in [0.2, 0.25) is 0 Å². The number of hydrogen-bond acceptors (Lipinski definition) is 3. The highest BCUT2D eigenvalue weighted by molar-refractivity contribution is 9.10. The molecule has 4 heteroatoms. The lowest BCUT2D eigenvalue weighted by Gasteiger charge is -2.09. The molecule has 1 rings (SSSR count).